The lowest BCUT2D eigenvalue weighted by Crippen LogP contribution is -2.60. The van der Waals surface area contributed by atoms with Crippen LogP contribution in [0.1, 0.15) is 33.6 Å². The van der Waals surface area contributed by atoms with E-state index in [-0.39, 0.29) is 0 Å². The highest BCUT2D eigenvalue weighted by molar-refractivity contribution is 4.95. The van der Waals surface area contributed by atoms with E-state index in [1.807, 2.05) is 0 Å². The predicted octanol–water partition coefficient (Wildman–Crippen LogP) is 1.65. The SMILES string of the molecule is CCNC1CC(C)CC(C)C1N1CCN(C)CC1. The number of piperazine rings is 1. The standard InChI is InChI=1S/C15H31N3/c1-5-16-14-11-12(2)10-13(3)15(14)18-8-6-17(4)7-9-18/h12-16H,5-11H2,1-4H3. The van der Waals surface area contributed by atoms with Crippen LogP contribution in [0.3, 0.4) is 0 Å². The molecule has 1 aliphatic carbocycles. The quantitative estimate of drug-likeness (QED) is 0.825. The second-order valence-electron chi connectivity index (χ2n) is 6.55. The van der Waals surface area contributed by atoms with Gasteiger partial charge in [-0.25, -0.2) is 0 Å². The summed E-state index contributed by atoms with van der Waals surface area (Å²) >= 11 is 0. The van der Waals surface area contributed by atoms with E-state index < -0.39 is 0 Å². The summed E-state index contributed by atoms with van der Waals surface area (Å²) in [6.45, 7) is 13.2. The molecule has 1 N–H and O–H groups in total. The van der Waals surface area contributed by atoms with E-state index in [0.29, 0.717) is 6.04 Å². The van der Waals surface area contributed by atoms with Crippen molar-refractivity contribution in [3.8, 4) is 0 Å². The highest BCUT2D eigenvalue weighted by atomic mass is 15.3. The van der Waals surface area contributed by atoms with Gasteiger partial charge in [0, 0.05) is 38.3 Å². The zero-order chi connectivity index (χ0) is 13.1. The van der Waals surface area contributed by atoms with Crippen LogP contribution in [-0.4, -0.2) is 61.7 Å². The summed E-state index contributed by atoms with van der Waals surface area (Å²) in [6, 6.07) is 1.46. The van der Waals surface area contributed by atoms with Crippen molar-refractivity contribution in [1.29, 1.82) is 0 Å². The summed E-state index contributed by atoms with van der Waals surface area (Å²) in [5.41, 5.74) is 0. The van der Waals surface area contributed by atoms with Crippen molar-refractivity contribution in [3.63, 3.8) is 0 Å². The summed E-state index contributed by atoms with van der Waals surface area (Å²) in [6.07, 6.45) is 2.76. The largest absolute Gasteiger partial charge is 0.313 e. The van der Waals surface area contributed by atoms with Gasteiger partial charge in [-0.05, 0) is 38.3 Å². The topological polar surface area (TPSA) is 18.5 Å². The molecule has 0 aromatic carbocycles. The van der Waals surface area contributed by atoms with Crippen LogP contribution >= 0.6 is 0 Å². The number of likely N-dealkylation sites (N-methyl/N-ethyl adjacent to an activating group) is 2. The highest BCUT2D eigenvalue weighted by Gasteiger charge is 2.37. The molecule has 1 aliphatic heterocycles. The molecule has 1 saturated heterocycles. The van der Waals surface area contributed by atoms with Gasteiger partial charge in [0.2, 0.25) is 0 Å². The highest BCUT2D eigenvalue weighted by Crippen LogP contribution is 2.32. The Morgan fingerprint density at radius 1 is 1.06 bits per heavy atom. The van der Waals surface area contributed by atoms with Gasteiger partial charge in [-0.15, -0.1) is 0 Å². The zero-order valence-corrected chi connectivity index (χ0v) is 12.7. The first-order valence-corrected chi connectivity index (χ1v) is 7.77. The molecule has 2 fully saturated rings. The molecule has 4 unspecified atom stereocenters. The van der Waals surface area contributed by atoms with E-state index in [4.69, 9.17) is 0 Å². The molecular formula is C15H31N3. The van der Waals surface area contributed by atoms with Crippen LogP contribution in [0.25, 0.3) is 0 Å². The monoisotopic (exact) mass is 253 g/mol. The van der Waals surface area contributed by atoms with Crippen LogP contribution in [0.5, 0.6) is 0 Å². The van der Waals surface area contributed by atoms with Gasteiger partial charge in [0.25, 0.3) is 0 Å². The molecule has 0 radical (unpaired) electrons. The Bertz CT molecular complexity index is 248. The van der Waals surface area contributed by atoms with Gasteiger partial charge >= 0.3 is 0 Å². The van der Waals surface area contributed by atoms with Gasteiger partial charge in [-0.1, -0.05) is 20.8 Å². The van der Waals surface area contributed by atoms with E-state index in [1.54, 1.807) is 0 Å². The third-order valence-corrected chi connectivity index (χ3v) is 4.85. The minimum atomic E-state index is 0.706. The number of nitrogens with one attached hydrogen (secondary N) is 1. The number of rotatable bonds is 3. The number of hydrogen-bond donors (Lipinski definition) is 1. The van der Waals surface area contributed by atoms with Crippen molar-refractivity contribution < 1.29 is 0 Å². The molecule has 18 heavy (non-hydrogen) atoms. The maximum absolute atomic E-state index is 3.75. The second kappa shape index (κ2) is 6.36. The molecule has 2 rings (SSSR count). The Morgan fingerprint density at radius 2 is 1.72 bits per heavy atom. The van der Waals surface area contributed by atoms with Crippen LogP contribution in [0.2, 0.25) is 0 Å². The van der Waals surface area contributed by atoms with Crippen LogP contribution in [-0.2, 0) is 0 Å². The third-order valence-electron chi connectivity index (χ3n) is 4.85. The van der Waals surface area contributed by atoms with Crippen molar-refractivity contribution in [2.75, 3.05) is 39.8 Å². The Kier molecular flexibility index (Phi) is 5.05. The third kappa shape index (κ3) is 3.25. The maximum Gasteiger partial charge on any atom is 0.0276 e. The lowest BCUT2D eigenvalue weighted by Gasteiger charge is -2.48. The Morgan fingerprint density at radius 3 is 2.33 bits per heavy atom. The summed E-state index contributed by atoms with van der Waals surface area (Å²) in [5, 5.41) is 3.75. The molecule has 106 valence electrons. The molecular weight excluding hydrogens is 222 g/mol. The summed E-state index contributed by atoms with van der Waals surface area (Å²) in [5.74, 6) is 1.72. The molecule has 0 amide bonds. The first kappa shape index (κ1) is 14.3. The summed E-state index contributed by atoms with van der Waals surface area (Å²) in [7, 11) is 2.24. The fourth-order valence-corrected chi connectivity index (χ4v) is 4.04. The van der Waals surface area contributed by atoms with Crippen LogP contribution in [0.4, 0.5) is 0 Å². The summed E-state index contributed by atoms with van der Waals surface area (Å²) in [4.78, 5) is 5.21. The van der Waals surface area contributed by atoms with Crippen molar-refractivity contribution in [1.82, 2.24) is 15.1 Å². The molecule has 3 nitrogen and oxygen atoms in total. The average Bonchev–Trinajstić information content (AvgIpc) is 2.31. The predicted molar refractivity (Wildman–Crippen MR) is 77.9 cm³/mol. The van der Waals surface area contributed by atoms with Crippen LogP contribution in [0, 0.1) is 11.8 Å². The number of hydrogen-bond acceptors (Lipinski definition) is 3. The van der Waals surface area contributed by atoms with Gasteiger partial charge < -0.3 is 10.2 Å². The lowest BCUT2D eigenvalue weighted by atomic mass is 9.75. The molecule has 0 aromatic heterocycles. The van der Waals surface area contributed by atoms with E-state index in [0.717, 1.165) is 24.4 Å². The molecule has 1 saturated carbocycles. The molecule has 1 heterocycles. The Labute approximate surface area is 113 Å². The molecule has 2 aliphatic rings. The number of nitrogens with zero attached hydrogens (tertiary/aromatic N) is 2. The van der Waals surface area contributed by atoms with Gasteiger partial charge in [0.15, 0.2) is 0 Å². The van der Waals surface area contributed by atoms with E-state index in [9.17, 15) is 0 Å². The molecule has 0 spiro atoms. The van der Waals surface area contributed by atoms with Gasteiger partial charge in [-0.3, -0.25) is 4.90 Å². The maximum atomic E-state index is 3.75. The van der Waals surface area contributed by atoms with E-state index in [1.165, 1.54) is 39.0 Å². The van der Waals surface area contributed by atoms with Crippen molar-refractivity contribution in [3.05, 3.63) is 0 Å². The smallest absolute Gasteiger partial charge is 0.0276 e. The molecule has 0 aromatic rings. The van der Waals surface area contributed by atoms with E-state index >= 15 is 0 Å². The second-order valence-corrected chi connectivity index (χ2v) is 6.55. The molecule has 0 bridgehead atoms. The normalized spacial score (nSPS) is 40.0. The minimum Gasteiger partial charge on any atom is -0.313 e. The minimum absolute atomic E-state index is 0.706. The fourth-order valence-electron chi connectivity index (χ4n) is 4.04. The van der Waals surface area contributed by atoms with Gasteiger partial charge in [0.05, 0.1) is 0 Å². The molecule has 4 atom stereocenters. The van der Waals surface area contributed by atoms with Gasteiger partial charge in [-0.2, -0.15) is 0 Å². The van der Waals surface area contributed by atoms with Crippen LogP contribution in [0.15, 0.2) is 0 Å². The van der Waals surface area contributed by atoms with Gasteiger partial charge in [0.1, 0.15) is 0 Å². The van der Waals surface area contributed by atoms with Crippen molar-refractivity contribution >= 4 is 0 Å². The van der Waals surface area contributed by atoms with E-state index in [2.05, 4.69) is 42.9 Å². The lowest BCUT2D eigenvalue weighted by molar-refractivity contribution is 0.0301. The van der Waals surface area contributed by atoms with Crippen molar-refractivity contribution in [2.45, 2.75) is 45.7 Å². The van der Waals surface area contributed by atoms with Crippen LogP contribution < -0.4 is 5.32 Å². The Hall–Kier alpha value is -0.120. The summed E-state index contributed by atoms with van der Waals surface area (Å²) < 4.78 is 0. The van der Waals surface area contributed by atoms with Crippen molar-refractivity contribution in [2.24, 2.45) is 11.8 Å². The fraction of sp³-hybridized carbons (Fsp3) is 1.00. The zero-order valence-electron chi connectivity index (χ0n) is 12.7. The Balaban J connectivity index is 2.01. The first-order valence-electron chi connectivity index (χ1n) is 7.77. The first-order chi connectivity index (χ1) is 8.61. The molecule has 3 heteroatoms. The average molecular weight is 253 g/mol.